The van der Waals surface area contributed by atoms with Gasteiger partial charge in [-0.1, -0.05) is 12.1 Å². The van der Waals surface area contributed by atoms with Crippen LogP contribution >= 0.6 is 0 Å². The summed E-state index contributed by atoms with van der Waals surface area (Å²) in [6.07, 6.45) is 1.02. The number of nitrogens with one attached hydrogen (secondary N) is 1. The first-order chi connectivity index (χ1) is 11.1. The van der Waals surface area contributed by atoms with E-state index >= 15 is 0 Å². The van der Waals surface area contributed by atoms with Crippen LogP contribution in [0.15, 0.2) is 56.3 Å². The Morgan fingerprint density at radius 2 is 2.09 bits per heavy atom. The number of hydrogen-bond acceptors (Lipinski definition) is 5. The Hall–Kier alpha value is -2.80. The fraction of sp³-hybridized carbons (Fsp3) is 0.250. The van der Waals surface area contributed by atoms with Gasteiger partial charge < -0.3 is 19.3 Å². The summed E-state index contributed by atoms with van der Waals surface area (Å²) in [5, 5.41) is 12.5. The first-order valence-corrected chi connectivity index (χ1v) is 7.21. The van der Waals surface area contributed by atoms with Gasteiger partial charge in [-0.05, 0) is 30.7 Å². The predicted molar refractivity (Wildman–Crippen MR) is 81.8 cm³/mol. The number of amides is 1. The van der Waals surface area contributed by atoms with Crippen molar-refractivity contribution < 1.29 is 18.7 Å². The van der Waals surface area contributed by atoms with E-state index in [1.54, 1.807) is 36.4 Å². The van der Waals surface area contributed by atoms with Crippen molar-refractivity contribution in [3.63, 3.8) is 0 Å². The molecule has 1 unspecified atom stereocenters. The number of aromatic nitrogens is 1. The molecule has 0 saturated heterocycles. The Balaban J connectivity index is 1.57. The van der Waals surface area contributed by atoms with E-state index in [0.717, 1.165) is 0 Å². The number of benzene rings is 1. The summed E-state index contributed by atoms with van der Waals surface area (Å²) in [5.74, 6) is -0.446. The largest absolute Gasteiger partial charge is 0.467 e. The maximum absolute atomic E-state index is 12.0. The van der Waals surface area contributed by atoms with Crippen LogP contribution in [0.1, 0.15) is 18.3 Å². The third kappa shape index (κ3) is 3.35. The van der Waals surface area contributed by atoms with Crippen molar-refractivity contribution >= 4 is 17.0 Å². The molecule has 2 heterocycles. The van der Waals surface area contributed by atoms with Gasteiger partial charge in [-0.2, -0.15) is 0 Å². The number of carbonyl (C=O) groups is 1. The standard InChI is InChI=1S/C16H16N2O5/c19-12(14-6-3-9-22-14)7-8-17-15(20)10-18-11-4-1-2-5-13(11)23-16(18)21/h1-6,9,12,19H,7-8,10H2,(H,17,20). The summed E-state index contributed by atoms with van der Waals surface area (Å²) >= 11 is 0. The van der Waals surface area contributed by atoms with E-state index in [1.165, 1.54) is 10.8 Å². The number of aliphatic hydroxyl groups is 1. The number of carbonyl (C=O) groups excluding carboxylic acids is 1. The summed E-state index contributed by atoms with van der Waals surface area (Å²) in [6, 6.07) is 10.3. The normalized spacial score (nSPS) is 12.4. The maximum atomic E-state index is 12.0. The van der Waals surface area contributed by atoms with Crippen LogP contribution in [0.3, 0.4) is 0 Å². The SMILES string of the molecule is O=C(Cn1c(=O)oc2ccccc21)NCCC(O)c1ccco1. The molecule has 0 bridgehead atoms. The molecule has 1 atom stereocenters. The summed E-state index contributed by atoms with van der Waals surface area (Å²) in [5.41, 5.74) is 1.02. The van der Waals surface area contributed by atoms with Gasteiger partial charge in [0.05, 0.1) is 11.8 Å². The second kappa shape index (κ2) is 6.53. The highest BCUT2D eigenvalue weighted by Gasteiger charge is 2.13. The average Bonchev–Trinajstić information content (AvgIpc) is 3.16. The average molecular weight is 316 g/mol. The van der Waals surface area contributed by atoms with Gasteiger partial charge in [-0.3, -0.25) is 9.36 Å². The van der Waals surface area contributed by atoms with E-state index < -0.39 is 11.9 Å². The first-order valence-electron chi connectivity index (χ1n) is 7.21. The van der Waals surface area contributed by atoms with Gasteiger partial charge in [0.2, 0.25) is 5.91 Å². The van der Waals surface area contributed by atoms with Crippen LogP contribution in [-0.2, 0) is 11.3 Å². The molecule has 3 rings (SSSR count). The Morgan fingerprint density at radius 3 is 2.87 bits per heavy atom. The molecule has 0 aliphatic rings. The zero-order valence-electron chi connectivity index (χ0n) is 12.3. The molecule has 3 aromatic rings. The van der Waals surface area contributed by atoms with Crippen molar-refractivity contribution in [3.05, 3.63) is 59.0 Å². The number of hydrogen-bond donors (Lipinski definition) is 2. The van der Waals surface area contributed by atoms with Crippen molar-refractivity contribution in [1.29, 1.82) is 0 Å². The van der Waals surface area contributed by atoms with Crippen LogP contribution in [0, 0.1) is 0 Å². The van der Waals surface area contributed by atoms with Gasteiger partial charge >= 0.3 is 5.76 Å². The van der Waals surface area contributed by atoms with Crippen LogP contribution in [-0.4, -0.2) is 22.1 Å². The minimum atomic E-state index is -0.775. The lowest BCUT2D eigenvalue weighted by atomic mass is 10.2. The van der Waals surface area contributed by atoms with Gasteiger partial charge in [-0.15, -0.1) is 0 Å². The predicted octanol–water partition coefficient (Wildman–Crippen LogP) is 1.43. The lowest BCUT2D eigenvalue weighted by molar-refractivity contribution is -0.121. The zero-order chi connectivity index (χ0) is 16.2. The molecular formula is C16H16N2O5. The number of fused-ring (bicyclic) bond motifs is 1. The van der Waals surface area contributed by atoms with Crippen LogP contribution in [0.2, 0.25) is 0 Å². The minimum absolute atomic E-state index is 0.132. The van der Waals surface area contributed by atoms with E-state index in [0.29, 0.717) is 23.3 Å². The van der Waals surface area contributed by atoms with E-state index in [1.807, 2.05) is 0 Å². The molecule has 7 heteroatoms. The van der Waals surface area contributed by atoms with Crippen molar-refractivity contribution in [1.82, 2.24) is 9.88 Å². The Morgan fingerprint density at radius 1 is 1.26 bits per heavy atom. The molecule has 0 radical (unpaired) electrons. The topological polar surface area (TPSA) is 97.6 Å². The summed E-state index contributed by atoms with van der Waals surface area (Å²) in [6.45, 7) is 0.137. The second-order valence-electron chi connectivity index (χ2n) is 5.09. The first kappa shape index (κ1) is 15.1. The molecule has 0 aliphatic carbocycles. The van der Waals surface area contributed by atoms with E-state index in [4.69, 9.17) is 8.83 Å². The number of oxazole rings is 1. The van der Waals surface area contributed by atoms with Crippen LogP contribution in [0.4, 0.5) is 0 Å². The van der Waals surface area contributed by atoms with Crippen molar-refractivity contribution in [2.24, 2.45) is 0 Å². The number of rotatable bonds is 6. The summed E-state index contributed by atoms with van der Waals surface area (Å²) in [7, 11) is 0. The van der Waals surface area contributed by atoms with Gasteiger partial charge in [0.15, 0.2) is 5.58 Å². The molecule has 7 nitrogen and oxygen atoms in total. The van der Waals surface area contributed by atoms with Gasteiger partial charge in [-0.25, -0.2) is 4.79 Å². The summed E-state index contributed by atoms with van der Waals surface area (Å²) in [4.78, 5) is 23.7. The molecule has 23 heavy (non-hydrogen) atoms. The zero-order valence-corrected chi connectivity index (χ0v) is 12.3. The van der Waals surface area contributed by atoms with Crippen LogP contribution in [0.25, 0.3) is 11.1 Å². The van der Waals surface area contributed by atoms with E-state index in [-0.39, 0.29) is 19.0 Å². The number of furan rings is 1. The van der Waals surface area contributed by atoms with Crippen molar-refractivity contribution in [2.45, 2.75) is 19.1 Å². The second-order valence-corrected chi connectivity index (χ2v) is 5.09. The molecule has 0 spiro atoms. The van der Waals surface area contributed by atoms with Crippen LogP contribution in [0.5, 0.6) is 0 Å². The summed E-state index contributed by atoms with van der Waals surface area (Å²) < 4.78 is 11.4. The third-order valence-corrected chi connectivity index (χ3v) is 3.49. The number of para-hydroxylation sites is 2. The molecule has 1 amide bonds. The Kier molecular flexibility index (Phi) is 4.29. The molecule has 120 valence electrons. The smallest absolute Gasteiger partial charge is 0.420 e. The Labute approximate surface area is 131 Å². The van der Waals surface area contributed by atoms with Gasteiger partial charge in [0, 0.05) is 6.54 Å². The molecule has 2 N–H and O–H groups in total. The fourth-order valence-electron chi connectivity index (χ4n) is 2.33. The molecule has 0 fully saturated rings. The fourth-order valence-corrected chi connectivity index (χ4v) is 2.33. The molecular weight excluding hydrogens is 300 g/mol. The monoisotopic (exact) mass is 316 g/mol. The maximum Gasteiger partial charge on any atom is 0.420 e. The quantitative estimate of drug-likeness (QED) is 0.717. The molecule has 0 saturated carbocycles. The lowest BCUT2D eigenvalue weighted by Crippen LogP contribution is -2.31. The highest BCUT2D eigenvalue weighted by molar-refractivity contribution is 5.79. The van der Waals surface area contributed by atoms with Crippen molar-refractivity contribution in [3.8, 4) is 0 Å². The van der Waals surface area contributed by atoms with Gasteiger partial charge in [0.1, 0.15) is 18.4 Å². The number of nitrogens with zero attached hydrogens (tertiary/aromatic N) is 1. The molecule has 1 aromatic carbocycles. The third-order valence-electron chi connectivity index (χ3n) is 3.49. The highest BCUT2D eigenvalue weighted by atomic mass is 16.4. The van der Waals surface area contributed by atoms with Crippen molar-refractivity contribution in [2.75, 3.05) is 6.54 Å². The van der Waals surface area contributed by atoms with Gasteiger partial charge in [0.25, 0.3) is 0 Å². The van der Waals surface area contributed by atoms with E-state index in [9.17, 15) is 14.7 Å². The Bertz CT molecular complexity index is 847. The van der Waals surface area contributed by atoms with E-state index in [2.05, 4.69) is 5.32 Å². The minimum Gasteiger partial charge on any atom is -0.467 e. The molecule has 0 aliphatic heterocycles. The highest BCUT2D eigenvalue weighted by Crippen LogP contribution is 2.16. The van der Waals surface area contributed by atoms with Crippen LogP contribution < -0.4 is 11.1 Å². The number of aliphatic hydroxyl groups excluding tert-OH is 1. The molecule has 2 aromatic heterocycles. The lowest BCUT2D eigenvalue weighted by Gasteiger charge is -2.09.